The van der Waals surface area contributed by atoms with Crippen LogP contribution in [0.5, 0.6) is 5.75 Å². The average molecular weight is 398 g/mol. The monoisotopic (exact) mass is 398 g/mol. The van der Waals surface area contributed by atoms with Crippen LogP contribution in [0.2, 0.25) is 0 Å². The van der Waals surface area contributed by atoms with Gasteiger partial charge in [0.15, 0.2) is 6.61 Å². The fourth-order valence-corrected chi connectivity index (χ4v) is 3.35. The highest BCUT2D eigenvalue weighted by atomic mass is 32.2. The minimum Gasteiger partial charge on any atom is -0.496 e. The molecule has 0 radical (unpaired) electrons. The minimum atomic E-state index is -0.449. The Morgan fingerprint density at radius 2 is 1.86 bits per heavy atom. The summed E-state index contributed by atoms with van der Waals surface area (Å²) in [6, 6.07) is 11.1. The number of nitriles is 1. The average Bonchev–Trinajstić information content (AvgIpc) is 2.68. The molecule has 146 valence electrons. The molecular formula is C21H22N2O4S. The molecule has 0 saturated carbocycles. The number of carbonyl (C=O) groups excluding carboxylic acids is 2. The van der Waals surface area contributed by atoms with Crippen LogP contribution >= 0.6 is 11.8 Å². The lowest BCUT2D eigenvalue weighted by Gasteiger charge is -2.13. The summed E-state index contributed by atoms with van der Waals surface area (Å²) in [4.78, 5) is 24.9. The first-order chi connectivity index (χ1) is 13.4. The van der Waals surface area contributed by atoms with Crippen molar-refractivity contribution in [2.24, 2.45) is 0 Å². The van der Waals surface area contributed by atoms with Gasteiger partial charge in [-0.3, -0.25) is 9.59 Å². The van der Waals surface area contributed by atoms with Gasteiger partial charge < -0.3 is 14.8 Å². The van der Waals surface area contributed by atoms with Gasteiger partial charge in [-0.25, -0.2) is 0 Å². The van der Waals surface area contributed by atoms with E-state index in [9.17, 15) is 9.59 Å². The second-order valence-electron chi connectivity index (χ2n) is 6.15. The van der Waals surface area contributed by atoms with Crippen LogP contribution in [0.15, 0.2) is 41.3 Å². The van der Waals surface area contributed by atoms with Crippen LogP contribution in [-0.4, -0.2) is 25.6 Å². The molecule has 0 fully saturated rings. The zero-order chi connectivity index (χ0) is 20.5. The number of rotatable bonds is 8. The topological polar surface area (TPSA) is 88.4 Å². The second kappa shape index (κ2) is 10.4. The predicted molar refractivity (Wildman–Crippen MR) is 108 cm³/mol. The number of para-hydroxylation sites is 1. The predicted octanol–water partition coefficient (Wildman–Crippen LogP) is 4.00. The maximum absolute atomic E-state index is 12.1. The van der Waals surface area contributed by atoms with Gasteiger partial charge in [0, 0.05) is 17.0 Å². The molecule has 7 heteroatoms. The highest BCUT2D eigenvalue weighted by molar-refractivity contribution is 8.03. The minimum absolute atomic E-state index is 0.159. The molecule has 0 atom stereocenters. The molecule has 0 bridgehead atoms. The summed E-state index contributed by atoms with van der Waals surface area (Å²) >= 11 is 1.07. The first-order valence-electron chi connectivity index (χ1n) is 8.69. The highest BCUT2D eigenvalue weighted by Gasteiger charge is 2.13. The molecular weight excluding hydrogens is 376 g/mol. The third kappa shape index (κ3) is 6.03. The Hall–Kier alpha value is -2.98. The highest BCUT2D eigenvalue weighted by Crippen LogP contribution is 2.27. The number of amides is 1. The molecule has 0 saturated heterocycles. The number of aryl methyl sites for hydroxylation is 3. The molecule has 0 unspecified atom stereocenters. The van der Waals surface area contributed by atoms with Crippen molar-refractivity contribution in [3.05, 3.63) is 53.1 Å². The molecule has 1 N–H and O–H groups in total. The van der Waals surface area contributed by atoms with E-state index in [1.165, 1.54) is 0 Å². The van der Waals surface area contributed by atoms with Gasteiger partial charge in [-0.1, -0.05) is 18.2 Å². The molecule has 2 rings (SSSR count). The molecule has 2 aromatic carbocycles. The summed E-state index contributed by atoms with van der Waals surface area (Å²) in [7, 11) is 1.58. The van der Waals surface area contributed by atoms with Gasteiger partial charge in [0.2, 0.25) is 0 Å². The van der Waals surface area contributed by atoms with Crippen molar-refractivity contribution in [3.8, 4) is 11.2 Å². The molecule has 28 heavy (non-hydrogen) atoms. The van der Waals surface area contributed by atoms with E-state index in [1.54, 1.807) is 7.11 Å². The second-order valence-corrected chi connectivity index (χ2v) is 7.00. The van der Waals surface area contributed by atoms with Crippen LogP contribution in [0.3, 0.4) is 0 Å². The van der Waals surface area contributed by atoms with Crippen LogP contribution in [0.25, 0.3) is 0 Å². The van der Waals surface area contributed by atoms with E-state index in [2.05, 4.69) is 5.32 Å². The molecule has 0 heterocycles. The van der Waals surface area contributed by atoms with E-state index >= 15 is 0 Å². The lowest BCUT2D eigenvalue weighted by Crippen LogP contribution is -2.22. The molecule has 0 aliphatic rings. The number of anilines is 1. The Balaban J connectivity index is 1.85. The number of hydrogen-bond acceptors (Lipinski definition) is 6. The number of benzene rings is 2. The van der Waals surface area contributed by atoms with Crippen LogP contribution < -0.4 is 10.1 Å². The molecule has 0 aliphatic heterocycles. The molecule has 6 nitrogen and oxygen atoms in total. The Kier molecular flexibility index (Phi) is 7.90. The van der Waals surface area contributed by atoms with E-state index in [-0.39, 0.29) is 13.0 Å². The SMILES string of the molecule is COc1ccccc1CCC(=O)OCC(=O)Nc1c(C)cc(SC#N)cc1C. The van der Waals surface area contributed by atoms with E-state index in [1.807, 2.05) is 55.6 Å². The quantitative estimate of drug-likeness (QED) is 0.411. The number of nitrogens with zero attached hydrogens (tertiary/aromatic N) is 1. The van der Waals surface area contributed by atoms with Crippen molar-refractivity contribution in [2.45, 2.75) is 31.6 Å². The van der Waals surface area contributed by atoms with Gasteiger partial charge in [-0.05, 0) is 66.9 Å². The summed E-state index contributed by atoms with van der Waals surface area (Å²) in [6.45, 7) is 3.35. The van der Waals surface area contributed by atoms with E-state index < -0.39 is 11.9 Å². The summed E-state index contributed by atoms with van der Waals surface area (Å²) in [6.07, 6.45) is 0.631. The summed E-state index contributed by atoms with van der Waals surface area (Å²) in [5.74, 6) is -0.134. The Labute approximate surface area is 168 Å². The lowest BCUT2D eigenvalue weighted by molar-refractivity contribution is -0.147. The fourth-order valence-electron chi connectivity index (χ4n) is 2.77. The van der Waals surface area contributed by atoms with Crippen LogP contribution in [0.1, 0.15) is 23.1 Å². The fraction of sp³-hybridized carbons (Fsp3) is 0.286. The van der Waals surface area contributed by atoms with Gasteiger partial charge in [0.1, 0.15) is 11.2 Å². The number of hydrogen-bond donors (Lipinski definition) is 1. The number of nitrogens with one attached hydrogen (secondary N) is 1. The van der Waals surface area contributed by atoms with E-state index in [0.29, 0.717) is 12.1 Å². The number of thioether (sulfide) groups is 1. The number of carbonyl (C=O) groups is 2. The number of ether oxygens (including phenoxy) is 2. The van der Waals surface area contributed by atoms with Crippen molar-refractivity contribution < 1.29 is 19.1 Å². The summed E-state index contributed by atoms with van der Waals surface area (Å²) in [5, 5.41) is 13.6. The van der Waals surface area contributed by atoms with Crippen molar-refractivity contribution in [1.29, 1.82) is 5.26 Å². The maximum atomic E-state index is 12.1. The largest absolute Gasteiger partial charge is 0.496 e. The van der Waals surface area contributed by atoms with Gasteiger partial charge in [0.05, 0.1) is 7.11 Å². The normalized spacial score (nSPS) is 10.1. The summed E-state index contributed by atoms with van der Waals surface area (Å²) in [5.41, 5.74) is 3.26. The van der Waals surface area contributed by atoms with Gasteiger partial charge in [-0.15, -0.1) is 0 Å². The Morgan fingerprint density at radius 1 is 1.18 bits per heavy atom. The first-order valence-corrected chi connectivity index (χ1v) is 9.50. The van der Waals surface area contributed by atoms with Crippen molar-refractivity contribution in [3.63, 3.8) is 0 Å². The van der Waals surface area contributed by atoms with Crippen molar-refractivity contribution >= 4 is 29.3 Å². The third-order valence-electron chi connectivity index (χ3n) is 4.09. The zero-order valence-corrected chi connectivity index (χ0v) is 16.9. The van der Waals surface area contributed by atoms with E-state index in [4.69, 9.17) is 14.7 Å². The maximum Gasteiger partial charge on any atom is 0.306 e. The van der Waals surface area contributed by atoms with Crippen molar-refractivity contribution in [1.82, 2.24) is 0 Å². The molecule has 0 aliphatic carbocycles. The Bertz CT molecular complexity index is 883. The number of methoxy groups -OCH3 is 1. The molecule has 0 spiro atoms. The Morgan fingerprint density at radius 3 is 2.50 bits per heavy atom. The van der Waals surface area contributed by atoms with Crippen LogP contribution in [-0.2, 0) is 20.7 Å². The molecule has 0 aromatic heterocycles. The zero-order valence-electron chi connectivity index (χ0n) is 16.1. The van der Waals surface area contributed by atoms with Crippen LogP contribution in [0, 0.1) is 24.5 Å². The standard InChI is InChI=1S/C21H22N2O4S/c1-14-10-17(28-13-22)11-15(2)21(14)23-19(24)12-27-20(25)9-8-16-6-4-5-7-18(16)26-3/h4-7,10-11H,8-9,12H2,1-3H3,(H,23,24). The molecule has 2 aromatic rings. The lowest BCUT2D eigenvalue weighted by atomic mass is 10.1. The first kappa shape index (κ1) is 21.3. The van der Waals surface area contributed by atoms with Gasteiger partial charge >= 0.3 is 5.97 Å². The summed E-state index contributed by atoms with van der Waals surface area (Å²) < 4.78 is 10.3. The van der Waals surface area contributed by atoms with Crippen molar-refractivity contribution in [2.75, 3.05) is 19.0 Å². The number of thiocyanates is 1. The number of esters is 1. The van der Waals surface area contributed by atoms with Gasteiger partial charge in [-0.2, -0.15) is 5.26 Å². The molecule has 1 amide bonds. The van der Waals surface area contributed by atoms with E-state index in [0.717, 1.165) is 39.1 Å². The van der Waals surface area contributed by atoms with Crippen LogP contribution in [0.4, 0.5) is 5.69 Å². The van der Waals surface area contributed by atoms with Gasteiger partial charge in [0.25, 0.3) is 5.91 Å². The third-order valence-corrected chi connectivity index (χ3v) is 4.65. The smallest absolute Gasteiger partial charge is 0.306 e.